The van der Waals surface area contributed by atoms with E-state index in [2.05, 4.69) is 0 Å². The van der Waals surface area contributed by atoms with Crippen LogP contribution in [0.15, 0.2) is 72.8 Å². The summed E-state index contributed by atoms with van der Waals surface area (Å²) in [6.07, 6.45) is 0. The van der Waals surface area contributed by atoms with Crippen molar-refractivity contribution in [1.29, 1.82) is 0 Å². The molecule has 0 aliphatic rings. The molecular weight excluding hydrogens is 443 g/mol. The van der Waals surface area contributed by atoms with Crippen molar-refractivity contribution in [2.24, 2.45) is 0 Å². The van der Waals surface area contributed by atoms with Gasteiger partial charge in [0.25, 0.3) is 0 Å². The van der Waals surface area contributed by atoms with E-state index < -0.39 is 5.97 Å². The summed E-state index contributed by atoms with van der Waals surface area (Å²) in [5.74, 6) is -0.590. The Kier molecular flexibility index (Phi) is 6.31. The highest BCUT2D eigenvalue weighted by Gasteiger charge is 2.22. The number of Topliss-reactive ketones (excluding diaryl/α,β-unsaturated/α-hetero) is 1. The van der Waals surface area contributed by atoms with Crippen molar-refractivity contribution in [2.45, 2.75) is 13.8 Å². The zero-order chi connectivity index (χ0) is 22.8. The molecule has 4 rings (SSSR count). The molecule has 0 amide bonds. The van der Waals surface area contributed by atoms with Crippen LogP contribution in [0, 0.1) is 0 Å². The first-order valence-electron chi connectivity index (χ1n) is 10.2. The fourth-order valence-electron chi connectivity index (χ4n) is 3.90. The van der Waals surface area contributed by atoms with E-state index in [1.807, 2.05) is 42.5 Å². The van der Waals surface area contributed by atoms with Gasteiger partial charge in [0, 0.05) is 15.6 Å². The van der Waals surface area contributed by atoms with E-state index >= 15 is 0 Å². The van der Waals surface area contributed by atoms with Crippen LogP contribution < -0.4 is 0 Å². The first-order chi connectivity index (χ1) is 15.4. The molecule has 0 fully saturated rings. The van der Waals surface area contributed by atoms with Crippen LogP contribution in [0.1, 0.15) is 34.6 Å². The Morgan fingerprint density at radius 2 is 1.44 bits per heavy atom. The molecule has 5 heteroatoms. The van der Waals surface area contributed by atoms with Crippen LogP contribution in [0.5, 0.6) is 0 Å². The minimum atomic E-state index is -0.477. The van der Waals surface area contributed by atoms with Gasteiger partial charge in [-0.2, -0.15) is 0 Å². The van der Waals surface area contributed by atoms with Crippen molar-refractivity contribution in [3.05, 3.63) is 94.0 Å². The Hall–Kier alpha value is -3.14. The van der Waals surface area contributed by atoms with E-state index in [1.165, 1.54) is 6.92 Å². The molecule has 0 radical (unpaired) electrons. The zero-order valence-corrected chi connectivity index (χ0v) is 19.1. The predicted octanol–water partition coefficient (Wildman–Crippen LogP) is 7.86. The topological polar surface area (TPSA) is 43.4 Å². The van der Waals surface area contributed by atoms with Gasteiger partial charge < -0.3 is 4.74 Å². The summed E-state index contributed by atoms with van der Waals surface area (Å²) in [4.78, 5) is 25.7. The van der Waals surface area contributed by atoms with Crippen LogP contribution in [0.3, 0.4) is 0 Å². The number of carbonyl (C=O) groups excluding carboxylic acids is 2. The first-order valence-corrected chi connectivity index (χ1v) is 11.0. The summed E-state index contributed by atoms with van der Waals surface area (Å²) in [6.45, 7) is 3.50. The number of fused-ring (bicyclic) bond motifs is 1. The van der Waals surface area contributed by atoms with Crippen LogP contribution in [-0.2, 0) is 4.74 Å². The SMILES string of the molecule is CCOC(=O)c1cc(-c2cccc3ccccc23)c(C(C)=O)cc1-c1cc(Cl)cc(Cl)c1. The summed E-state index contributed by atoms with van der Waals surface area (Å²) in [7, 11) is 0. The highest BCUT2D eigenvalue weighted by molar-refractivity contribution is 6.35. The van der Waals surface area contributed by atoms with Gasteiger partial charge in [-0.15, -0.1) is 0 Å². The summed E-state index contributed by atoms with van der Waals surface area (Å²) in [5, 5.41) is 2.91. The van der Waals surface area contributed by atoms with E-state index in [-0.39, 0.29) is 12.4 Å². The quantitative estimate of drug-likeness (QED) is 0.224. The van der Waals surface area contributed by atoms with Gasteiger partial charge in [-0.25, -0.2) is 4.79 Å². The van der Waals surface area contributed by atoms with Gasteiger partial charge in [0.05, 0.1) is 12.2 Å². The summed E-state index contributed by atoms with van der Waals surface area (Å²) < 4.78 is 5.34. The van der Waals surface area contributed by atoms with E-state index in [0.29, 0.717) is 37.9 Å². The Balaban J connectivity index is 2.06. The van der Waals surface area contributed by atoms with Gasteiger partial charge in [0.1, 0.15) is 0 Å². The molecule has 4 aromatic rings. The van der Waals surface area contributed by atoms with Crippen LogP contribution >= 0.6 is 23.2 Å². The van der Waals surface area contributed by atoms with Gasteiger partial charge in [-0.05, 0) is 77.2 Å². The number of benzene rings is 4. The van der Waals surface area contributed by atoms with Crippen molar-refractivity contribution in [1.82, 2.24) is 0 Å². The van der Waals surface area contributed by atoms with Gasteiger partial charge in [0.15, 0.2) is 5.78 Å². The third kappa shape index (κ3) is 4.27. The van der Waals surface area contributed by atoms with E-state index in [4.69, 9.17) is 27.9 Å². The van der Waals surface area contributed by atoms with Crippen molar-refractivity contribution in [3.63, 3.8) is 0 Å². The molecule has 32 heavy (non-hydrogen) atoms. The molecule has 0 aromatic heterocycles. The van der Waals surface area contributed by atoms with Crippen LogP contribution in [-0.4, -0.2) is 18.4 Å². The van der Waals surface area contributed by atoms with Gasteiger partial charge in [-0.1, -0.05) is 65.7 Å². The minimum Gasteiger partial charge on any atom is -0.462 e. The average Bonchev–Trinajstić information content (AvgIpc) is 2.77. The second-order valence-electron chi connectivity index (χ2n) is 7.40. The highest BCUT2D eigenvalue weighted by atomic mass is 35.5. The molecule has 0 unspecified atom stereocenters. The smallest absolute Gasteiger partial charge is 0.338 e. The van der Waals surface area contributed by atoms with Crippen molar-refractivity contribution in [3.8, 4) is 22.3 Å². The van der Waals surface area contributed by atoms with Crippen molar-refractivity contribution < 1.29 is 14.3 Å². The second kappa shape index (κ2) is 9.15. The third-order valence-electron chi connectivity index (χ3n) is 5.29. The molecular formula is C27H20Cl2O3. The van der Waals surface area contributed by atoms with Crippen molar-refractivity contribution in [2.75, 3.05) is 6.61 Å². The molecule has 0 atom stereocenters. The Labute approximate surface area is 196 Å². The fourth-order valence-corrected chi connectivity index (χ4v) is 4.43. The number of halogens is 2. The fraction of sp³-hybridized carbons (Fsp3) is 0.111. The Morgan fingerprint density at radius 1 is 0.781 bits per heavy atom. The van der Waals surface area contributed by atoms with E-state index in [0.717, 1.165) is 16.3 Å². The maximum atomic E-state index is 13.0. The largest absolute Gasteiger partial charge is 0.462 e. The third-order valence-corrected chi connectivity index (χ3v) is 5.72. The lowest BCUT2D eigenvalue weighted by Crippen LogP contribution is -2.09. The summed E-state index contributed by atoms with van der Waals surface area (Å²) in [6, 6.07) is 22.4. The minimum absolute atomic E-state index is 0.113. The van der Waals surface area contributed by atoms with E-state index in [1.54, 1.807) is 37.3 Å². The maximum absolute atomic E-state index is 13.0. The number of ether oxygens (including phenoxy) is 1. The average molecular weight is 463 g/mol. The van der Waals surface area contributed by atoms with Crippen molar-refractivity contribution >= 4 is 45.7 Å². The molecule has 0 aliphatic heterocycles. The lowest BCUT2D eigenvalue weighted by molar-refractivity contribution is 0.0527. The number of esters is 1. The zero-order valence-electron chi connectivity index (χ0n) is 17.6. The standard InChI is InChI=1S/C27H20Cl2O3/c1-3-32-27(31)26-15-25(22-10-6-8-17-7-4-5-9-21(17)22)23(16(2)30)14-24(26)18-11-19(28)13-20(29)12-18/h4-15H,3H2,1-2H3. The molecule has 0 heterocycles. The number of rotatable bonds is 5. The molecule has 4 aromatic carbocycles. The number of ketones is 1. The molecule has 0 N–H and O–H groups in total. The molecule has 3 nitrogen and oxygen atoms in total. The molecule has 0 aliphatic carbocycles. The number of carbonyl (C=O) groups is 2. The lowest BCUT2D eigenvalue weighted by Gasteiger charge is -2.17. The molecule has 0 bridgehead atoms. The molecule has 0 spiro atoms. The highest BCUT2D eigenvalue weighted by Crippen LogP contribution is 2.38. The molecule has 0 saturated heterocycles. The molecule has 0 saturated carbocycles. The van der Waals surface area contributed by atoms with Gasteiger partial charge in [0.2, 0.25) is 0 Å². The first kappa shape index (κ1) is 22.1. The van der Waals surface area contributed by atoms with Crippen LogP contribution in [0.4, 0.5) is 0 Å². The lowest BCUT2D eigenvalue weighted by atomic mass is 9.87. The van der Waals surface area contributed by atoms with Gasteiger partial charge in [-0.3, -0.25) is 4.79 Å². The Morgan fingerprint density at radius 3 is 2.12 bits per heavy atom. The molecule has 160 valence electrons. The monoisotopic (exact) mass is 462 g/mol. The Bertz CT molecular complexity index is 1330. The van der Waals surface area contributed by atoms with Crippen LogP contribution in [0.25, 0.3) is 33.0 Å². The second-order valence-corrected chi connectivity index (χ2v) is 8.28. The maximum Gasteiger partial charge on any atom is 0.338 e. The summed E-state index contributed by atoms with van der Waals surface area (Å²) in [5.41, 5.74) is 3.57. The number of hydrogen-bond acceptors (Lipinski definition) is 3. The van der Waals surface area contributed by atoms with Gasteiger partial charge >= 0.3 is 5.97 Å². The predicted molar refractivity (Wildman–Crippen MR) is 131 cm³/mol. The normalized spacial score (nSPS) is 10.9. The number of hydrogen-bond donors (Lipinski definition) is 0. The van der Waals surface area contributed by atoms with E-state index in [9.17, 15) is 9.59 Å². The summed E-state index contributed by atoms with van der Waals surface area (Å²) >= 11 is 12.4. The van der Waals surface area contributed by atoms with Crippen LogP contribution in [0.2, 0.25) is 10.0 Å².